The Balaban J connectivity index is 2.20. The zero-order valence-electron chi connectivity index (χ0n) is 12.7. The smallest absolute Gasteiger partial charge is 0.111 e. The van der Waals surface area contributed by atoms with Crippen molar-refractivity contribution in [1.82, 2.24) is 4.98 Å². The second kappa shape index (κ2) is 5.51. The number of rotatable bonds is 3. The number of anilines is 1. The molecule has 5 nitrogen and oxygen atoms in total. The lowest BCUT2D eigenvalue weighted by atomic mass is 9.85. The molecule has 22 heavy (non-hydrogen) atoms. The molecule has 1 aliphatic rings. The first-order valence-corrected chi connectivity index (χ1v) is 7.17. The Labute approximate surface area is 129 Å². The van der Waals surface area contributed by atoms with Crippen LogP contribution in [0.4, 0.5) is 5.69 Å². The first-order chi connectivity index (χ1) is 10.6. The van der Waals surface area contributed by atoms with Crippen LogP contribution in [-0.2, 0) is 16.9 Å². The van der Waals surface area contributed by atoms with Gasteiger partial charge in [0.2, 0.25) is 0 Å². The molecule has 1 unspecified atom stereocenters. The number of aliphatic hydroxyl groups is 1. The second-order valence-corrected chi connectivity index (χ2v) is 5.68. The molecule has 1 atom stereocenters. The van der Waals surface area contributed by atoms with Crippen molar-refractivity contribution >= 4 is 11.9 Å². The lowest BCUT2D eigenvalue weighted by Crippen LogP contribution is -2.34. The van der Waals surface area contributed by atoms with Crippen molar-refractivity contribution in [2.45, 2.75) is 19.1 Å². The van der Waals surface area contributed by atoms with Crippen molar-refractivity contribution in [2.24, 2.45) is 0 Å². The van der Waals surface area contributed by atoms with Crippen LogP contribution in [-0.4, -0.2) is 30.0 Å². The predicted octanol–water partition coefficient (Wildman–Crippen LogP) is 2.53. The summed E-state index contributed by atoms with van der Waals surface area (Å²) in [4.78, 5) is 4.28. The standard InChI is InChI=1S/C17H19N3O2/c1-17(21)10-22-9-13-7-20-8-14(16(13)17)11-3-4-12(6-18)15(5-11)19-2/h3-8,18-19,21H,9-10H2,1-2H3. The highest BCUT2D eigenvalue weighted by Crippen LogP contribution is 2.38. The first-order valence-electron chi connectivity index (χ1n) is 7.17. The van der Waals surface area contributed by atoms with Crippen LogP contribution in [0.1, 0.15) is 23.6 Å². The van der Waals surface area contributed by atoms with Crippen LogP contribution in [0.2, 0.25) is 0 Å². The minimum atomic E-state index is -1.04. The van der Waals surface area contributed by atoms with Gasteiger partial charge in [0.25, 0.3) is 0 Å². The van der Waals surface area contributed by atoms with E-state index in [4.69, 9.17) is 10.1 Å². The molecule has 0 amide bonds. The Morgan fingerprint density at radius 3 is 2.95 bits per heavy atom. The van der Waals surface area contributed by atoms with E-state index in [1.807, 2.05) is 25.2 Å². The molecule has 2 aromatic rings. The molecule has 114 valence electrons. The Bertz CT molecular complexity index is 726. The molecule has 0 bridgehead atoms. The van der Waals surface area contributed by atoms with E-state index >= 15 is 0 Å². The van der Waals surface area contributed by atoms with E-state index in [0.29, 0.717) is 6.61 Å². The van der Waals surface area contributed by atoms with Crippen LogP contribution in [0.15, 0.2) is 30.6 Å². The Kier molecular flexibility index (Phi) is 3.68. The molecule has 0 saturated carbocycles. The van der Waals surface area contributed by atoms with Gasteiger partial charge in [0.1, 0.15) is 5.60 Å². The number of aromatic nitrogens is 1. The van der Waals surface area contributed by atoms with Gasteiger partial charge in [-0.15, -0.1) is 0 Å². The molecule has 0 spiro atoms. The molecule has 0 saturated heterocycles. The molecule has 2 heterocycles. The Morgan fingerprint density at radius 2 is 2.23 bits per heavy atom. The van der Waals surface area contributed by atoms with E-state index in [-0.39, 0.29) is 6.61 Å². The number of hydrogen-bond donors (Lipinski definition) is 3. The lowest BCUT2D eigenvalue weighted by Gasteiger charge is -2.32. The third kappa shape index (κ3) is 2.38. The number of hydrogen-bond acceptors (Lipinski definition) is 5. The normalized spacial score (nSPS) is 20.3. The van der Waals surface area contributed by atoms with Gasteiger partial charge in [0, 0.05) is 53.6 Å². The van der Waals surface area contributed by atoms with Gasteiger partial charge in [-0.05, 0) is 18.6 Å². The molecule has 1 aromatic carbocycles. The summed E-state index contributed by atoms with van der Waals surface area (Å²) < 4.78 is 5.45. The molecule has 3 N–H and O–H groups in total. The van der Waals surface area contributed by atoms with Crippen molar-refractivity contribution in [2.75, 3.05) is 19.0 Å². The van der Waals surface area contributed by atoms with E-state index in [0.717, 1.165) is 33.5 Å². The fraction of sp³-hybridized carbons (Fsp3) is 0.294. The average molecular weight is 297 g/mol. The van der Waals surface area contributed by atoms with Gasteiger partial charge in [0.05, 0.1) is 13.2 Å². The Morgan fingerprint density at radius 1 is 1.41 bits per heavy atom. The minimum Gasteiger partial charge on any atom is -0.388 e. The lowest BCUT2D eigenvalue weighted by molar-refractivity contribution is -0.0600. The van der Waals surface area contributed by atoms with Crippen LogP contribution in [0.25, 0.3) is 11.1 Å². The van der Waals surface area contributed by atoms with Crippen LogP contribution in [0.5, 0.6) is 0 Å². The van der Waals surface area contributed by atoms with E-state index < -0.39 is 5.60 Å². The van der Waals surface area contributed by atoms with Gasteiger partial charge in [-0.25, -0.2) is 0 Å². The minimum absolute atomic E-state index is 0.272. The molecular weight excluding hydrogens is 278 g/mol. The molecule has 1 aromatic heterocycles. The number of benzene rings is 1. The van der Waals surface area contributed by atoms with Gasteiger partial charge in [0.15, 0.2) is 0 Å². The predicted molar refractivity (Wildman–Crippen MR) is 86.3 cm³/mol. The molecule has 5 heteroatoms. The zero-order valence-corrected chi connectivity index (χ0v) is 12.7. The molecular formula is C17H19N3O2. The highest BCUT2D eigenvalue weighted by Gasteiger charge is 2.33. The number of pyridine rings is 1. The third-order valence-corrected chi connectivity index (χ3v) is 3.99. The second-order valence-electron chi connectivity index (χ2n) is 5.68. The molecule has 1 aliphatic heterocycles. The van der Waals surface area contributed by atoms with Crippen molar-refractivity contribution in [1.29, 1.82) is 5.41 Å². The summed E-state index contributed by atoms with van der Waals surface area (Å²) in [5.74, 6) is 0. The fourth-order valence-corrected chi connectivity index (χ4v) is 2.97. The zero-order chi connectivity index (χ0) is 15.7. The number of fused-ring (bicyclic) bond motifs is 1. The average Bonchev–Trinajstić information content (AvgIpc) is 2.53. The maximum Gasteiger partial charge on any atom is 0.111 e. The largest absolute Gasteiger partial charge is 0.388 e. The maximum absolute atomic E-state index is 10.7. The summed E-state index contributed by atoms with van der Waals surface area (Å²) in [7, 11) is 1.83. The van der Waals surface area contributed by atoms with Crippen molar-refractivity contribution in [3.8, 4) is 11.1 Å². The summed E-state index contributed by atoms with van der Waals surface area (Å²) in [6.07, 6.45) is 4.84. The van der Waals surface area contributed by atoms with E-state index in [1.54, 1.807) is 19.3 Å². The Hall–Kier alpha value is -2.24. The summed E-state index contributed by atoms with van der Waals surface area (Å²) in [5.41, 5.74) is 4.30. The van der Waals surface area contributed by atoms with Crippen molar-refractivity contribution in [3.05, 3.63) is 47.3 Å². The highest BCUT2D eigenvalue weighted by molar-refractivity contribution is 5.88. The maximum atomic E-state index is 10.7. The number of nitrogens with zero attached hydrogens (tertiary/aromatic N) is 1. The van der Waals surface area contributed by atoms with Gasteiger partial charge in [-0.1, -0.05) is 12.1 Å². The topological polar surface area (TPSA) is 78.2 Å². The van der Waals surface area contributed by atoms with Gasteiger partial charge < -0.3 is 20.6 Å². The van der Waals surface area contributed by atoms with Gasteiger partial charge >= 0.3 is 0 Å². The van der Waals surface area contributed by atoms with Crippen LogP contribution < -0.4 is 5.32 Å². The van der Waals surface area contributed by atoms with E-state index in [2.05, 4.69) is 10.3 Å². The van der Waals surface area contributed by atoms with Crippen molar-refractivity contribution < 1.29 is 9.84 Å². The van der Waals surface area contributed by atoms with Gasteiger partial charge in [-0.2, -0.15) is 0 Å². The SMILES string of the molecule is CNc1cc(-c2cncc3c2C(C)(O)COC3)ccc1C=N. The van der Waals surface area contributed by atoms with Crippen LogP contribution in [0.3, 0.4) is 0 Å². The highest BCUT2D eigenvalue weighted by atomic mass is 16.5. The van der Waals surface area contributed by atoms with Crippen LogP contribution >= 0.6 is 0 Å². The summed E-state index contributed by atoms with van der Waals surface area (Å²) >= 11 is 0. The van der Waals surface area contributed by atoms with E-state index in [9.17, 15) is 5.11 Å². The number of ether oxygens (including phenoxy) is 1. The van der Waals surface area contributed by atoms with Gasteiger partial charge in [-0.3, -0.25) is 4.98 Å². The summed E-state index contributed by atoms with van der Waals surface area (Å²) in [6, 6.07) is 5.81. The van der Waals surface area contributed by atoms with Crippen molar-refractivity contribution in [3.63, 3.8) is 0 Å². The summed E-state index contributed by atoms with van der Waals surface area (Å²) in [5, 5.41) is 21.2. The summed E-state index contributed by atoms with van der Waals surface area (Å²) in [6.45, 7) is 2.50. The monoisotopic (exact) mass is 297 g/mol. The molecule has 3 rings (SSSR count). The third-order valence-electron chi connectivity index (χ3n) is 3.99. The molecule has 0 radical (unpaired) electrons. The van der Waals surface area contributed by atoms with Crippen LogP contribution in [0, 0.1) is 5.41 Å². The quantitative estimate of drug-likeness (QED) is 0.761. The first kappa shape index (κ1) is 14.7. The number of nitrogens with one attached hydrogen (secondary N) is 2. The molecule has 0 fully saturated rings. The fourth-order valence-electron chi connectivity index (χ4n) is 2.97. The molecule has 0 aliphatic carbocycles. The van der Waals surface area contributed by atoms with E-state index in [1.165, 1.54) is 6.21 Å².